The minimum atomic E-state index is -0.474. The monoisotopic (exact) mass is 167 g/mol. The number of ether oxygens (including phenoxy) is 1. The van der Waals surface area contributed by atoms with E-state index in [2.05, 4.69) is 6.92 Å². The van der Waals surface area contributed by atoms with Crippen LogP contribution in [-0.2, 0) is 0 Å². The van der Waals surface area contributed by atoms with E-state index < -0.39 is 5.60 Å². The minimum absolute atomic E-state index is 0.260. The van der Waals surface area contributed by atoms with Gasteiger partial charge in [0, 0.05) is 0 Å². The molecule has 0 aliphatic rings. The van der Waals surface area contributed by atoms with Gasteiger partial charge in [-0.25, -0.2) is 4.39 Å². The highest BCUT2D eigenvalue weighted by atomic mass is 19.1. The summed E-state index contributed by atoms with van der Waals surface area (Å²) >= 11 is 0. The van der Waals surface area contributed by atoms with Crippen molar-refractivity contribution >= 4 is 0 Å². The third-order valence-corrected chi connectivity index (χ3v) is 1.21. The number of hydrogen-bond acceptors (Lipinski definition) is 1. The quantitative estimate of drug-likeness (QED) is 0.658. The molecule has 0 N–H and O–H groups in total. The first-order valence-corrected chi connectivity index (χ1v) is 3.77. The Hall–Kier alpha value is -1.05. The molecule has 0 aliphatic carbocycles. The first-order valence-electron chi connectivity index (χ1n) is 3.77. The Bertz CT molecular complexity index is 246. The van der Waals surface area contributed by atoms with Crippen molar-refractivity contribution in [3.05, 3.63) is 37.0 Å². The van der Waals surface area contributed by atoms with E-state index in [4.69, 9.17) is 4.74 Å². The molecule has 0 atom stereocenters. The fourth-order valence-corrected chi connectivity index (χ4v) is 0.822. The molecule has 0 amide bonds. The lowest BCUT2D eigenvalue weighted by Crippen LogP contribution is -2.23. The van der Waals surface area contributed by atoms with E-state index in [9.17, 15) is 4.39 Å². The smallest absolute Gasteiger partial charge is 0.123 e. The highest BCUT2D eigenvalue weighted by Gasteiger charge is 2.11. The Kier molecular flexibility index (Phi) is 2.36. The summed E-state index contributed by atoms with van der Waals surface area (Å²) in [4.78, 5) is 0. The maximum Gasteiger partial charge on any atom is 0.123 e. The fourth-order valence-electron chi connectivity index (χ4n) is 0.822. The maximum atomic E-state index is 12.4. The summed E-state index contributed by atoms with van der Waals surface area (Å²) in [5.74, 6) is 0.376. The van der Waals surface area contributed by atoms with Gasteiger partial charge in [0.05, 0.1) is 0 Å². The molecule has 1 aromatic carbocycles. The molecule has 0 saturated carbocycles. The standard InChI is InChI=1S/C10H12FO/c1-10(2,3)12-9-6-4-8(11)5-7-9/h4-7H,1H2,2-3H3. The average Bonchev–Trinajstić information content (AvgIpc) is 1.91. The molecular weight excluding hydrogens is 155 g/mol. The molecule has 0 unspecified atom stereocenters. The molecule has 1 aromatic rings. The van der Waals surface area contributed by atoms with Crippen molar-refractivity contribution in [1.82, 2.24) is 0 Å². The molecular formula is C10H12FO. The average molecular weight is 167 g/mol. The molecule has 0 aliphatic heterocycles. The fraction of sp³-hybridized carbons (Fsp3) is 0.300. The van der Waals surface area contributed by atoms with Gasteiger partial charge in [0.2, 0.25) is 0 Å². The normalized spacial score (nSPS) is 11.3. The van der Waals surface area contributed by atoms with Gasteiger partial charge in [-0.3, -0.25) is 0 Å². The molecule has 0 bridgehead atoms. The number of rotatable bonds is 2. The van der Waals surface area contributed by atoms with Gasteiger partial charge in [0.15, 0.2) is 0 Å². The topological polar surface area (TPSA) is 9.23 Å². The lowest BCUT2D eigenvalue weighted by molar-refractivity contribution is 0.159. The molecule has 0 saturated heterocycles. The largest absolute Gasteiger partial charge is 0.488 e. The van der Waals surface area contributed by atoms with Crippen LogP contribution in [-0.4, -0.2) is 5.60 Å². The second-order valence-corrected chi connectivity index (χ2v) is 3.32. The lowest BCUT2D eigenvalue weighted by Gasteiger charge is -2.20. The van der Waals surface area contributed by atoms with Crippen LogP contribution in [0.15, 0.2) is 24.3 Å². The van der Waals surface area contributed by atoms with E-state index in [0.717, 1.165) is 0 Å². The predicted molar refractivity (Wildman–Crippen MR) is 46.5 cm³/mol. The first kappa shape index (κ1) is 9.04. The van der Waals surface area contributed by atoms with Crippen LogP contribution in [0.25, 0.3) is 0 Å². The van der Waals surface area contributed by atoms with Crippen LogP contribution in [0.2, 0.25) is 0 Å². The summed E-state index contributed by atoms with van der Waals surface area (Å²) in [6.45, 7) is 7.46. The van der Waals surface area contributed by atoms with Gasteiger partial charge in [0.25, 0.3) is 0 Å². The number of benzene rings is 1. The van der Waals surface area contributed by atoms with Crippen molar-refractivity contribution in [2.45, 2.75) is 19.4 Å². The molecule has 0 aromatic heterocycles. The first-order chi connectivity index (χ1) is 5.47. The molecule has 0 spiro atoms. The predicted octanol–water partition coefficient (Wildman–Crippen LogP) is 2.82. The Balaban J connectivity index is 2.71. The van der Waals surface area contributed by atoms with Crippen LogP contribution >= 0.6 is 0 Å². The molecule has 12 heavy (non-hydrogen) atoms. The number of halogens is 1. The minimum Gasteiger partial charge on any atom is -0.488 e. The summed E-state index contributed by atoms with van der Waals surface area (Å²) in [6, 6.07) is 5.90. The third-order valence-electron chi connectivity index (χ3n) is 1.21. The van der Waals surface area contributed by atoms with Crippen LogP contribution in [0, 0.1) is 12.7 Å². The second-order valence-electron chi connectivity index (χ2n) is 3.32. The van der Waals surface area contributed by atoms with Crippen molar-refractivity contribution in [2.75, 3.05) is 0 Å². The van der Waals surface area contributed by atoms with E-state index >= 15 is 0 Å². The Morgan fingerprint density at radius 1 is 1.25 bits per heavy atom. The van der Waals surface area contributed by atoms with E-state index in [-0.39, 0.29) is 5.82 Å². The zero-order chi connectivity index (χ0) is 9.19. The van der Waals surface area contributed by atoms with Gasteiger partial charge in [-0.15, -0.1) is 0 Å². The Morgan fingerprint density at radius 2 is 1.75 bits per heavy atom. The maximum absolute atomic E-state index is 12.4. The zero-order valence-electron chi connectivity index (χ0n) is 7.30. The summed E-state index contributed by atoms with van der Waals surface area (Å²) in [5.41, 5.74) is -0.474. The molecule has 0 heterocycles. The van der Waals surface area contributed by atoms with Crippen molar-refractivity contribution in [3.8, 4) is 5.75 Å². The van der Waals surface area contributed by atoms with E-state index in [1.54, 1.807) is 12.1 Å². The highest BCUT2D eigenvalue weighted by molar-refractivity contribution is 5.22. The molecule has 2 heteroatoms. The van der Waals surface area contributed by atoms with Gasteiger partial charge in [-0.05, 0) is 45.0 Å². The SMILES string of the molecule is [CH2]C(C)(C)Oc1ccc(F)cc1. The Morgan fingerprint density at radius 3 is 2.17 bits per heavy atom. The van der Waals surface area contributed by atoms with Gasteiger partial charge in [-0.1, -0.05) is 0 Å². The van der Waals surface area contributed by atoms with Gasteiger partial charge >= 0.3 is 0 Å². The van der Waals surface area contributed by atoms with Gasteiger partial charge < -0.3 is 4.74 Å². The summed E-state index contributed by atoms with van der Waals surface area (Å²) < 4.78 is 17.8. The second kappa shape index (κ2) is 3.13. The van der Waals surface area contributed by atoms with Gasteiger partial charge in [0.1, 0.15) is 17.2 Å². The van der Waals surface area contributed by atoms with Crippen LogP contribution in [0.5, 0.6) is 5.75 Å². The van der Waals surface area contributed by atoms with E-state index in [0.29, 0.717) is 5.75 Å². The van der Waals surface area contributed by atoms with Gasteiger partial charge in [-0.2, -0.15) is 0 Å². The van der Waals surface area contributed by atoms with Crippen LogP contribution in [0.1, 0.15) is 13.8 Å². The molecule has 0 fully saturated rings. The van der Waals surface area contributed by atoms with E-state index in [1.807, 2.05) is 13.8 Å². The Labute approximate surface area is 72.2 Å². The zero-order valence-corrected chi connectivity index (χ0v) is 7.30. The summed E-state index contributed by atoms with van der Waals surface area (Å²) in [6.07, 6.45) is 0. The number of hydrogen-bond donors (Lipinski definition) is 0. The summed E-state index contributed by atoms with van der Waals surface area (Å²) in [5, 5.41) is 0. The van der Waals surface area contributed by atoms with Crippen molar-refractivity contribution < 1.29 is 9.13 Å². The lowest BCUT2D eigenvalue weighted by atomic mass is 10.2. The van der Waals surface area contributed by atoms with E-state index in [1.165, 1.54) is 12.1 Å². The van der Waals surface area contributed by atoms with Crippen LogP contribution in [0.3, 0.4) is 0 Å². The summed E-state index contributed by atoms with van der Waals surface area (Å²) in [7, 11) is 0. The van der Waals surface area contributed by atoms with Crippen molar-refractivity contribution in [3.63, 3.8) is 0 Å². The van der Waals surface area contributed by atoms with Crippen LogP contribution < -0.4 is 4.74 Å². The van der Waals surface area contributed by atoms with Crippen molar-refractivity contribution in [2.24, 2.45) is 0 Å². The molecule has 1 rings (SSSR count). The highest BCUT2D eigenvalue weighted by Crippen LogP contribution is 2.17. The molecule has 1 nitrogen and oxygen atoms in total. The molecule has 1 radical (unpaired) electrons. The van der Waals surface area contributed by atoms with Crippen LogP contribution in [0.4, 0.5) is 4.39 Å². The third kappa shape index (κ3) is 2.91. The molecule has 65 valence electrons. The van der Waals surface area contributed by atoms with Crippen molar-refractivity contribution in [1.29, 1.82) is 0 Å².